The van der Waals surface area contributed by atoms with E-state index >= 15 is 0 Å². The highest BCUT2D eigenvalue weighted by atomic mass is 35.5. The van der Waals surface area contributed by atoms with E-state index in [1.807, 2.05) is 24.3 Å². The predicted molar refractivity (Wildman–Crippen MR) is 95.9 cm³/mol. The van der Waals surface area contributed by atoms with Crippen molar-refractivity contribution in [1.29, 1.82) is 0 Å². The molecule has 0 aromatic heterocycles. The summed E-state index contributed by atoms with van der Waals surface area (Å²) in [6, 6.07) is 12.5. The highest BCUT2D eigenvalue weighted by Crippen LogP contribution is 2.39. The van der Waals surface area contributed by atoms with Crippen LogP contribution in [-0.4, -0.2) is 18.7 Å². The number of nitrogens with two attached hydrogens (primary N) is 1. The zero-order valence-electron chi connectivity index (χ0n) is 12.9. The first-order valence-corrected chi connectivity index (χ1v) is 8.00. The molecule has 1 unspecified atom stereocenters. The highest BCUT2D eigenvalue weighted by molar-refractivity contribution is 6.39. The van der Waals surface area contributed by atoms with Gasteiger partial charge < -0.3 is 10.5 Å². The molecule has 0 spiro atoms. The van der Waals surface area contributed by atoms with Crippen molar-refractivity contribution in [3.05, 3.63) is 58.1 Å². The van der Waals surface area contributed by atoms with E-state index in [-0.39, 0.29) is 6.04 Å². The Kier molecular flexibility index (Phi) is 4.64. The average Bonchev–Trinajstić information content (AvgIpc) is 3.00. The molecule has 1 aliphatic heterocycles. The van der Waals surface area contributed by atoms with E-state index in [0.717, 1.165) is 11.3 Å². The number of amides is 1. The number of halogens is 2. The van der Waals surface area contributed by atoms with Gasteiger partial charge in [-0.3, -0.25) is 9.80 Å². The lowest BCUT2D eigenvalue weighted by molar-refractivity contribution is -0.112. The molecule has 5 nitrogen and oxygen atoms in total. The zero-order chi connectivity index (χ0) is 17.3. The minimum atomic E-state index is -0.541. The number of benzene rings is 2. The second kappa shape index (κ2) is 6.71. The van der Waals surface area contributed by atoms with E-state index in [4.69, 9.17) is 33.7 Å². The smallest absolute Gasteiger partial charge is 0.265 e. The summed E-state index contributed by atoms with van der Waals surface area (Å²) >= 11 is 12.3. The number of carbonyl (C=O) groups is 1. The Morgan fingerprint density at radius 1 is 1.25 bits per heavy atom. The molecular formula is C17H15Cl2N3O2. The molecule has 7 heteroatoms. The molecule has 124 valence electrons. The molecule has 0 aliphatic carbocycles. The van der Waals surface area contributed by atoms with Gasteiger partial charge in [-0.05, 0) is 35.9 Å². The van der Waals surface area contributed by atoms with Gasteiger partial charge in [0.05, 0.1) is 23.9 Å². The maximum absolute atomic E-state index is 11.6. The SMILES string of the molecule is COc1ccc(C2CC(C(N)=O)=NN2c2ccc(Cl)cc2Cl)cc1. The Balaban J connectivity index is 2.02. The van der Waals surface area contributed by atoms with Gasteiger partial charge in [-0.15, -0.1) is 0 Å². The van der Waals surface area contributed by atoms with E-state index in [1.165, 1.54) is 0 Å². The minimum absolute atomic E-state index is 0.183. The number of ether oxygens (including phenoxy) is 1. The van der Waals surface area contributed by atoms with Crippen LogP contribution in [0.25, 0.3) is 0 Å². The second-order valence-electron chi connectivity index (χ2n) is 5.34. The number of hydrogen-bond donors (Lipinski definition) is 1. The Hall–Kier alpha value is -2.24. The predicted octanol–water partition coefficient (Wildman–Crippen LogP) is 3.79. The molecule has 3 rings (SSSR count). The fraction of sp³-hybridized carbons (Fsp3) is 0.176. The van der Waals surface area contributed by atoms with E-state index in [0.29, 0.717) is 27.9 Å². The molecule has 0 saturated heterocycles. The van der Waals surface area contributed by atoms with Crippen LogP contribution in [0.15, 0.2) is 47.6 Å². The Morgan fingerprint density at radius 2 is 1.96 bits per heavy atom. The van der Waals surface area contributed by atoms with Crippen LogP contribution in [-0.2, 0) is 4.79 Å². The largest absolute Gasteiger partial charge is 0.497 e. The standard InChI is InChI=1S/C17H15Cl2N3O2/c1-24-12-5-2-10(3-6-12)16-9-14(17(20)23)21-22(16)15-7-4-11(18)8-13(15)19/h2-8,16H,9H2,1H3,(H2,20,23). The van der Waals surface area contributed by atoms with Crippen molar-refractivity contribution in [1.82, 2.24) is 0 Å². The lowest BCUT2D eigenvalue weighted by Gasteiger charge is -2.25. The number of anilines is 1. The minimum Gasteiger partial charge on any atom is -0.497 e. The molecule has 24 heavy (non-hydrogen) atoms. The Morgan fingerprint density at radius 3 is 2.54 bits per heavy atom. The van der Waals surface area contributed by atoms with Crippen molar-refractivity contribution in [2.75, 3.05) is 12.1 Å². The summed E-state index contributed by atoms with van der Waals surface area (Å²) in [6.45, 7) is 0. The third kappa shape index (κ3) is 3.18. The van der Waals surface area contributed by atoms with E-state index < -0.39 is 5.91 Å². The van der Waals surface area contributed by atoms with Gasteiger partial charge in [0, 0.05) is 11.4 Å². The number of rotatable bonds is 4. The lowest BCUT2D eigenvalue weighted by Crippen LogP contribution is -2.22. The van der Waals surface area contributed by atoms with Gasteiger partial charge in [-0.1, -0.05) is 35.3 Å². The van der Waals surface area contributed by atoms with Gasteiger partial charge >= 0.3 is 0 Å². The Labute approximate surface area is 149 Å². The fourth-order valence-corrected chi connectivity index (χ4v) is 3.13. The van der Waals surface area contributed by atoms with Crippen LogP contribution in [0.3, 0.4) is 0 Å². The molecular weight excluding hydrogens is 349 g/mol. The van der Waals surface area contributed by atoms with E-state index in [2.05, 4.69) is 5.10 Å². The summed E-state index contributed by atoms with van der Waals surface area (Å²) in [5, 5.41) is 7.06. The van der Waals surface area contributed by atoms with Gasteiger partial charge in [0.1, 0.15) is 11.5 Å². The zero-order valence-corrected chi connectivity index (χ0v) is 14.4. The average molecular weight is 364 g/mol. The lowest BCUT2D eigenvalue weighted by atomic mass is 10.0. The molecule has 0 bridgehead atoms. The number of nitrogens with zero attached hydrogens (tertiary/aromatic N) is 2. The van der Waals surface area contributed by atoms with E-state index in [9.17, 15) is 4.79 Å². The van der Waals surface area contributed by atoms with Gasteiger partial charge in [-0.25, -0.2) is 0 Å². The maximum atomic E-state index is 11.6. The van der Waals surface area contributed by atoms with Crippen molar-refractivity contribution in [3.8, 4) is 5.75 Å². The molecule has 1 heterocycles. The molecule has 0 saturated carbocycles. The third-order valence-corrected chi connectivity index (χ3v) is 4.39. The van der Waals surface area contributed by atoms with Crippen LogP contribution >= 0.6 is 23.2 Å². The molecule has 2 N–H and O–H groups in total. The summed E-state index contributed by atoms with van der Waals surface area (Å²) in [6.07, 6.45) is 0.403. The molecule has 0 radical (unpaired) electrons. The number of methoxy groups -OCH3 is 1. The van der Waals surface area contributed by atoms with Crippen molar-refractivity contribution in [2.24, 2.45) is 10.8 Å². The first kappa shape index (κ1) is 16.6. The van der Waals surface area contributed by atoms with Crippen LogP contribution in [0.5, 0.6) is 5.75 Å². The van der Waals surface area contributed by atoms with E-state index in [1.54, 1.807) is 30.3 Å². The fourth-order valence-electron chi connectivity index (χ4n) is 2.63. The van der Waals surface area contributed by atoms with Crippen molar-refractivity contribution in [2.45, 2.75) is 12.5 Å². The van der Waals surface area contributed by atoms with Gasteiger partial charge in [-0.2, -0.15) is 5.10 Å². The molecule has 2 aromatic carbocycles. The summed E-state index contributed by atoms with van der Waals surface area (Å²) in [5.74, 6) is 0.213. The number of primary amides is 1. The van der Waals surface area contributed by atoms with Crippen LogP contribution in [0, 0.1) is 0 Å². The van der Waals surface area contributed by atoms with Gasteiger partial charge in [0.15, 0.2) is 0 Å². The monoisotopic (exact) mass is 363 g/mol. The van der Waals surface area contributed by atoms with Crippen LogP contribution in [0.4, 0.5) is 5.69 Å². The van der Waals surface area contributed by atoms with Gasteiger partial charge in [0.25, 0.3) is 5.91 Å². The number of hydrazone groups is 1. The first-order chi connectivity index (χ1) is 11.5. The van der Waals surface area contributed by atoms with Gasteiger partial charge in [0.2, 0.25) is 0 Å². The third-order valence-electron chi connectivity index (χ3n) is 3.85. The van der Waals surface area contributed by atoms with Crippen LogP contribution in [0.1, 0.15) is 18.0 Å². The molecule has 0 fully saturated rings. The molecule has 1 amide bonds. The number of carbonyl (C=O) groups excluding carboxylic acids is 1. The van der Waals surface area contributed by atoms with Crippen molar-refractivity contribution in [3.63, 3.8) is 0 Å². The highest BCUT2D eigenvalue weighted by Gasteiger charge is 2.32. The quantitative estimate of drug-likeness (QED) is 0.898. The normalized spacial score (nSPS) is 16.9. The second-order valence-corrected chi connectivity index (χ2v) is 6.19. The first-order valence-electron chi connectivity index (χ1n) is 7.25. The maximum Gasteiger partial charge on any atom is 0.265 e. The van der Waals surface area contributed by atoms with Crippen molar-refractivity contribution >= 4 is 40.5 Å². The van der Waals surface area contributed by atoms with Crippen LogP contribution in [0.2, 0.25) is 10.0 Å². The summed E-state index contributed by atoms with van der Waals surface area (Å²) in [7, 11) is 1.61. The molecule has 1 atom stereocenters. The topological polar surface area (TPSA) is 67.9 Å². The Bertz CT molecular complexity index is 806. The summed E-state index contributed by atoms with van der Waals surface area (Å²) in [5.41, 5.74) is 7.36. The van der Waals surface area contributed by atoms with Crippen LogP contribution < -0.4 is 15.5 Å². The molecule has 1 aliphatic rings. The van der Waals surface area contributed by atoms with Crippen molar-refractivity contribution < 1.29 is 9.53 Å². The summed E-state index contributed by atoms with van der Waals surface area (Å²) < 4.78 is 5.18. The summed E-state index contributed by atoms with van der Waals surface area (Å²) in [4.78, 5) is 11.6. The number of hydrogen-bond acceptors (Lipinski definition) is 4. The molecule has 2 aromatic rings.